The molecule has 1 unspecified atom stereocenters. The van der Waals surface area contributed by atoms with Crippen molar-refractivity contribution in [2.24, 2.45) is 5.92 Å². The van der Waals surface area contributed by atoms with Gasteiger partial charge in [-0.25, -0.2) is 0 Å². The quantitative estimate of drug-likeness (QED) is 0.818. The maximum absolute atomic E-state index is 12.0. The fourth-order valence-corrected chi connectivity index (χ4v) is 3.64. The number of carboxylic acids is 1. The van der Waals surface area contributed by atoms with Crippen molar-refractivity contribution in [3.05, 3.63) is 29.3 Å². The number of ether oxygens (including phenoxy) is 1. The Hall–Kier alpha value is -2.37. The van der Waals surface area contributed by atoms with Gasteiger partial charge in [-0.1, -0.05) is 12.1 Å². The second-order valence-electron chi connectivity index (χ2n) is 6.96. The zero-order chi connectivity index (χ0) is 18.0. The van der Waals surface area contributed by atoms with Crippen molar-refractivity contribution in [1.82, 2.24) is 5.32 Å². The number of carbonyl (C=O) groups excluding carboxylic acids is 2. The smallest absolute Gasteiger partial charge is 0.306 e. The number of amides is 2. The second kappa shape index (κ2) is 7.25. The predicted molar refractivity (Wildman–Crippen MR) is 90.3 cm³/mol. The van der Waals surface area contributed by atoms with Gasteiger partial charge in [-0.05, 0) is 56.2 Å². The zero-order valence-corrected chi connectivity index (χ0v) is 14.3. The van der Waals surface area contributed by atoms with Crippen molar-refractivity contribution < 1.29 is 24.2 Å². The molecule has 134 valence electrons. The Bertz CT molecular complexity index is 691. The van der Waals surface area contributed by atoms with E-state index in [1.54, 1.807) is 0 Å². The molecule has 0 radical (unpaired) electrons. The lowest BCUT2D eigenvalue weighted by atomic mass is 9.87. The largest absolute Gasteiger partial charge is 0.490 e. The van der Waals surface area contributed by atoms with Gasteiger partial charge in [-0.3, -0.25) is 19.7 Å². The Morgan fingerprint density at radius 2 is 1.88 bits per heavy atom. The van der Waals surface area contributed by atoms with Crippen molar-refractivity contribution in [3.63, 3.8) is 0 Å². The summed E-state index contributed by atoms with van der Waals surface area (Å²) in [7, 11) is 0. The van der Waals surface area contributed by atoms with Crippen molar-refractivity contribution in [1.29, 1.82) is 0 Å². The Kier molecular flexibility index (Phi) is 5.06. The van der Waals surface area contributed by atoms with Crippen molar-refractivity contribution in [2.75, 3.05) is 0 Å². The summed E-state index contributed by atoms with van der Waals surface area (Å²) in [5, 5.41) is 11.4. The highest BCUT2D eigenvalue weighted by atomic mass is 16.5. The second-order valence-corrected chi connectivity index (χ2v) is 6.96. The van der Waals surface area contributed by atoms with Crippen LogP contribution in [0.1, 0.15) is 55.6 Å². The topological polar surface area (TPSA) is 92.7 Å². The maximum atomic E-state index is 12.0. The SMILES string of the molecule is Cc1cc(C2CCC(=O)NC2=O)ccc1OC1CCC(C(=O)O)CC1. The molecule has 2 aliphatic rings. The summed E-state index contributed by atoms with van der Waals surface area (Å²) in [6.45, 7) is 1.94. The van der Waals surface area contributed by atoms with Crippen LogP contribution < -0.4 is 10.1 Å². The average molecular weight is 345 g/mol. The maximum Gasteiger partial charge on any atom is 0.306 e. The lowest BCUT2D eigenvalue weighted by Gasteiger charge is -2.28. The molecule has 25 heavy (non-hydrogen) atoms. The number of aryl methyl sites for hydroxylation is 1. The summed E-state index contributed by atoms with van der Waals surface area (Å²) in [5.74, 6) is -0.948. The van der Waals surface area contributed by atoms with Gasteiger partial charge >= 0.3 is 5.97 Å². The van der Waals surface area contributed by atoms with Crippen molar-refractivity contribution >= 4 is 17.8 Å². The lowest BCUT2D eigenvalue weighted by Crippen LogP contribution is -2.39. The molecule has 1 aromatic rings. The number of rotatable bonds is 4. The van der Waals surface area contributed by atoms with Crippen LogP contribution in [0.5, 0.6) is 5.75 Å². The average Bonchev–Trinajstić information content (AvgIpc) is 2.57. The van der Waals surface area contributed by atoms with E-state index in [-0.39, 0.29) is 29.8 Å². The van der Waals surface area contributed by atoms with E-state index < -0.39 is 5.97 Å². The first-order chi connectivity index (χ1) is 11.9. The van der Waals surface area contributed by atoms with Crippen LogP contribution in [0.25, 0.3) is 0 Å². The predicted octanol–water partition coefficient (Wildman–Crippen LogP) is 2.54. The summed E-state index contributed by atoms with van der Waals surface area (Å²) in [6.07, 6.45) is 3.71. The molecule has 2 amide bonds. The molecule has 1 saturated carbocycles. The van der Waals surface area contributed by atoms with E-state index in [4.69, 9.17) is 9.84 Å². The molecule has 1 aromatic carbocycles. The van der Waals surface area contributed by atoms with Gasteiger partial charge in [0.25, 0.3) is 0 Å². The van der Waals surface area contributed by atoms with Crippen LogP contribution in [0.2, 0.25) is 0 Å². The van der Waals surface area contributed by atoms with Crippen molar-refractivity contribution in [2.45, 2.75) is 57.5 Å². The van der Waals surface area contributed by atoms with E-state index in [0.717, 1.165) is 29.7 Å². The number of hydrogen-bond acceptors (Lipinski definition) is 4. The molecule has 0 spiro atoms. The third-order valence-electron chi connectivity index (χ3n) is 5.16. The molecule has 0 aromatic heterocycles. The molecule has 6 heteroatoms. The minimum atomic E-state index is -0.719. The standard InChI is InChI=1S/C19H23NO5/c1-11-10-13(15-7-9-17(21)20-18(15)22)4-8-16(11)25-14-5-2-12(3-6-14)19(23)24/h4,8,10,12,14-15H,2-3,5-7,9H2,1H3,(H,23,24)(H,20,21,22). The third kappa shape index (κ3) is 4.00. The molecular weight excluding hydrogens is 322 g/mol. The molecule has 2 fully saturated rings. The molecule has 1 heterocycles. The minimum Gasteiger partial charge on any atom is -0.490 e. The highest BCUT2D eigenvalue weighted by Gasteiger charge is 2.29. The number of benzene rings is 1. The van der Waals surface area contributed by atoms with Crippen LogP contribution in [-0.2, 0) is 14.4 Å². The highest BCUT2D eigenvalue weighted by molar-refractivity contribution is 6.00. The van der Waals surface area contributed by atoms with E-state index in [1.807, 2.05) is 25.1 Å². The Morgan fingerprint density at radius 3 is 2.48 bits per heavy atom. The Labute approximate surface area is 146 Å². The van der Waals surface area contributed by atoms with Gasteiger partial charge in [-0.15, -0.1) is 0 Å². The van der Waals surface area contributed by atoms with Gasteiger partial charge in [0.05, 0.1) is 17.9 Å². The molecule has 1 aliphatic carbocycles. The minimum absolute atomic E-state index is 0.0377. The van der Waals surface area contributed by atoms with Gasteiger partial charge in [0.1, 0.15) is 5.75 Å². The summed E-state index contributed by atoms with van der Waals surface area (Å²) < 4.78 is 6.05. The fraction of sp³-hybridized carbons (Fsp3) is 0.526. The monoisotopic (exact) mass is 345 g/mol. The van der Waals surface area contributed by atoms with E-state index in [9.17, 15) is 14.4 Å². The van der Waals surface area contributed by atoms with Gasteiger partial charge < -0.3 is 9.84 Å². The Balaban J connectivity index is 1.64. The summed E-state index contributed by atoms with van der Waals surface area (Å²) in [5.41, 5.74) is 1.84. The van der Waals surface area contributed by atoms with Crippen LogP contribution in [0, 0.1) is 12.8 Å². The van der Waals surface area contributed by atoms with E-state index >= 15 is 0 Å². The number of nitrogens with one attached hydrogen (secondary N) is 1. The molecular formula is C19H23NO5. The normalized spacial score (nSPS) is 26.8. The fourth-order valence-electron chi connectivity index (χ4n) is 3.64. The van der Waals surface area contributed by atoms with E-state index in [1.165, 1.54) is 0 Å². The third-order valence-corrected chi connectivity index (χ3v) is 5.16. The van der Waals surface area contributed by atoms with Crippen LogP contribution in [-0.4, -0.2) is 29.0 Å². The summed E-state index contributed by atoms with van der Waals surface area (Å²) in [4.78, 5) is 34.3. The lowest BCUT2D eigenvalue weighted by molar-refractivity contribution is -0.143. The first-order valence-electron chi connectivity index (χ1n) is 8.77. The van der Waals surface area contributed by atoms with Crippen LogP contribution in [0.15, 0.2) is 18.2 Å². The zero-order valence-electron chi connectivity index (χ0n) is 14.3. The number of hydrogen-bond donors (Lipinski definition) is 2. The van der Waals surface area contributed by atoms with Crippen LogP contribution in [0.4, 0.5) is 0 Å². The molecule has 6 nitrogen and oxygen atoms in total. The Morgan fingerprint density at radius 1 is 1.16 bits per heavy atom. The van der Waals surface area contributed by atoms with Crippen molar-refractivity contribution in [3.8, 4) is 5.75 Å². The summed E-state index contributed by atoms with van der Waals surface area (Å²) >= 11 is 0. The molecule has 1 aliphatic heterocycles. The molecule has 1 atom stereocenters. The molecule has 0 bridgehead atoms. The number of piperidine rings is 1. The number of imide groups is 1. The van der Waals surface area contributed by atoms with Gasteiger partial charge in [0.2, 0.25) is 11.8 Å². The number of carboxylic acid groups (broad SMARTS) is 1. The molecule has 1 saturated heterocycles. The van der Waals surface area contributed by atoms with Gasteiger partial charge in [0.15, 0.2) is 0 Å². The number of carbonyl (C=O) groups is 3. The molecule has 3 rings (SSSR count). The van der Waals surface area contributed by atoms with Crippen LogP contribution >= 0.6 is 0 Å². The van der Waals surface area contributed by atoms with E-state index in [2.05, 4.69) is 5.32 Å². The van der Waals surface area contributed by atoms with E-state index in [0.29, 0.717) is 25.7 Å². The highest BCUT2D eigenvalue weighted by Crippen LogP contribution is 2.32. The van der Waals surface area contributed by atoms with Gasteiger partial charge in [0, 0.05) is 6.42 Å². The van der Waals surface area contributed by atoms with Gasteiger partial charge in [-0.2, -0.15) is 0 Å². The summed E-state index contributed by atoms with van der Waals surface area (Å²) in [6, 6.07) is 5.70. The first kappa shape index (κ1) is 17.5. The molecule has 2 N–H and O–H groups in total. The van der Waals surface area contributed by atoms with Crippen LogP contribution in [0.3, 0.4) is 0 Å². The number of aliphatic carboxylic acids is 1. The first-order valence-corrected chi connectivity index (χ1v) is 8.77.